The molecule has 1 N–H and O–H groups in total. The largest absolute Gasteiger partial charge is 0.392 e. The second-order valence-corrected chi connectivity index (χ2v) is 6.50. The monoisotopic (exact) mass is 296 g/mol. The van der Waals surface area contributed by atoms with Crippen LogP contribution in [0.1, 0.15) is 24.6 Å². The molecule has 0 aromatic carbocycles. The molecule has 0 unspecified atom stereocenters. The van der Waals surface area contributed by atoms with Crippen molar-refractivity contribution in [1.29, 1.82) is 0 Å². The van der Waals surface area contributed by atoms with Gasteiger partial charge >= 0.3 is 0 Å². The Bertz CT molecular complexity index is 398. The van der Waals surface area contributed by atoms with Gasteiger partial charge in [-0.2, -0.15) is 0 Å². The lowest BCUT2D eigenvalue weighted by molar-refractivity contribution is -0.133. The number of hydrogen-bond acceptors (Lipinski definition) is 4. The minimum Gasteiger partial charge on any atom is -0.392 e. The number of nitrogens with zero attached hydrogens (tertiary/aromatic N) is 2. The first-order chi connectivity index (χ1) is 9.65. The van der Waals surface area contributed by atoms with Gasteiger partial charge in [0.25, 0.3) is 0 Å². The van der Waals surface area contributed by atoms with Gasteiger partial charge in [0.1, 0.15) is 0 Å². The first-order valence-corrected chi connectivity index (χ1v) is 8.23. The lowest BCUT2D eigenvalue weighted by Crippen LogP contribution is -2.50. The zero-order chi connectivity index (χ0) is 14.4. The quantitative estimate of drug-likeness (QED) is 0.867. The summed E-state index contributed by atoms with van der Waals surface area (Å²) >= 11 is 1.76. The summed E-state index contributed by atoms with van der Waals surface area (Å²) in [7, 11) is 0. The van der Waals surface area contributed by atoms with Crippen molar-refractivity contribution in [3.63, 3.8) is 0 Å². The number of piperazine rings is 1. The predicted molar refractivity (Wildman–Crippen MR) is 82.0 cm³/mol. The normalized spacial score (nSPS) is 18.2. The highest BCUT2D eigenvalue weighted by atomic mass is 32.1. The number of β-amino-alcohol motifs (C(OH)–C–C–N with tert-alkyl or cyclic N) is 1. The van der Waals surface area contributed by atoms with Crippen LogP contribution in [0.2, 0.25) is 0 Å². The summed E-state index contributed by atoms with van der Waals surface area (Å²) in [5, 5.41) is 11.4. The Balaban J connectivity index is 1.64. The van der Waals surface area contributed by atoms with Crippen LogP contribution in [0.5, 0.6) is 0 Å². The van der Waals surface area contributed by atoms with E-state index in [-0.39, 0.29) is 12.0 Å². The number of aryl methyl sites for hydroxylation is 1. The maximum atomic E-state index is 12.1. The van der Waals surface area contributed by atoms with Crippen LogP contribution in [0.3, 0.4) is 0 Å². The van der Waals surface area contributed by atoms with E-state index in [9.17, 15) is 9.90 Å². The molecule has 1 amide bonds. The number of aliphatic hydroxyl groups is 1. The molecule has 112 valence electrons. The van der Waals surface area contributed by atoms with Crippen LogP contribution in [0.4, 0.5) is 0 Å². The molecule has 0 bridgehead atoms. The first-order valence-electron chi connectivity index (χ1n) is 7.35. The SMILES string of the molecule is C[C@@H](O)CN1CCN(C(=O)CCCc2cccs2)CC1. The van der Waals surface area contributed by atoms with Crippen molar-refractivity contribution in [2.45, 2.75) is 32.3 Å². The smallest absolute Gasteiger partial charge is 0.222 e. The van der Waals surface area contributed by atoms with Gasteiger partial charge in [-0.25, -0.2) is 0 Å². The zero-order valence-corrected chi connectivity index (χ0v) is 12.9. The molecule has 0 radical (unpaired) electrons. The maximum Gasteiger partial charge on any atom is 0.222 e. The molecule has 1 aromatic rings. The van der Waals surface area contributed by atoms with E-state index in [1.807, 2.05) is 11.8 Å². The third-order valence-corrected chi connectivity index (χ3v) is 4.58. The highest BCUT2D eigenvalue weighted by Gasteiger charge is 2.21. The Labute approximate surface area is 125 Å². The van der Waals surface area contributed by atoms with E-state index in [1.165, 1.54) is 4.88 Å². The van der Waals surface area contributed by atoms with Crippen LogP contribution in [-0.4, -0.2) is 59.6 Å². The van der Waals surface area contributed by atoms with Crippen LogP contribution >= 0.6 is 11.3 Å². The first kappa shape index (κ1) is 15.5. The molecule has 5 heteroatoms. The fourth-order valence-corrected chi connectivity index (χ4v) is 3.33. The molecule has 0 saturated carbocycles. The third-order valence-electron chi connectivity index (χ3n) is 3.64. The second kappa shape index (κ2) is 7.76. The summed E-state index contributed by atoms with van der Waals surface area (Å²) < 4.78 is 0. The third kappa shape index (κ3) is 4.89. The molecule has 1 fully saturated rings. The number of hydrogen-bond donors (Lipinski definition) is 1. The van der Waals surface area contributed by atoms with Gasteiger partial charge in [0, 0.05) is 44.0 Å². The second-order valence-electron chi connectivity index (χ2n) is 5.46. The van der Waals surface area contributed by atoms with E-state index < -0.39 is 0 Å². The average molecular weight is 296 g/mol. The highest BCUT2D eigenvalue weighted by molar-refractivity contribution is 7.09. The Morgan fingerprint density at radius 2 is 2.15 bits per heavy atom. The van der Waals surface area contributed by atoms with Crippen LogP contribution in [0, 0.1) is 0 Å². The van der Waals surface area contributed by atoms with Crippen molar-refractivity contribution in [2.24, 2.45) is 0 Å². The number of amides is 1. The average Bonchev–Trinajstić information content (AvgIpc) is 2.92. The summed E-state index contributed by atoms with van der Waals surface area (Å²) in [6.45, 7) is 5.86. The van der Waals surface area contributed by atoms with Crippen LogP contribution in [0.15, 0.2) is 17.5 Å². The molecule has 1 aliphatic heterocycles. The van der Waals surface area contributed by atoms with E-state index >= 15 is 0 Å². The number of thiophene rings is 1. The molecular weight excluding hydrogens is 272 g/mol. The number of rotatable bonds is 6. The van der Waals surface area contributed by atoms with E-state index in [4.69, 9.17) is 0 Å². The molecule has 4 nitrogen and oxygen atoms in total. The van der Waals surface area contributed by atoms with Gasteiger partial charge in [-0.05, 0) is 31.2 Å². The van der Waals surface area contributed by atoms with E-state index in [2.05, 4.69) is 22.4 Å². The molecule has 2 rings (SSSR count). The summed E-state index contributed by atoms with van der Waals surface area (Å²) in [6, 6.07) is 4.19. The predicted octanol–water partition coefficient (Wildman–Crippen LogP) is 1.60. The van der Waals surface area contributed by atoms with Crippen molar-refractivity contribution in [1.82, 2.24) is 9.80 Å². The fourth-order valence-electron chi connectivity index (χ4n) is 2.58. The number of carbonyl (C=O) groups is 1. The molecular formula is C15H24N2O2S. The molecule has 1 aromatic heterocycles. The fraction of sp³-hybridized carbons (Fsp3) is 0.667. The Kier molecular flexibility index (Phi) is 6.01. The van der Waals surface area contributed by atoms with Crippen molar-refractivity contribution < 1.29 is 9.90 Å². The van der Waals surface area contributed by atoms with E-state index in [0.717, 1.165) is 39.0 Å². The van der Waals surface area contributed by atoms with Crippen molar-refractivity contribution in [3.8, 4) is 0 Å². The van der Waals surface area contributed by atoms with Gasteiger partial charge in [0.15, 0.2) is 0 Å². The molecule has 1 aliphatic rings. The number of carbonyl (C=O) groups excluding carboxylic acids is 1. The van der Waals surface area contributed by atoms with Gasteiger partial charge in [-0.1, -0.05) is 6.07 Å². The number of aliphatic hydroxyl groups excluding tert-OH is 1. The summed E-state index contributed by atoms with van der Waals surface area (Å²) in [5.74, 6) is 0.276. The zero-order valence-electron chi connectivity index (χ0n) is 12.1. The van der Waals surface area contributed by atoms with Crippen molar-refractivity contribution in [2.75, 3.05) is 32.7 Å². The topological polar surface area (TPSA) is 43.8 Å². The standard InChI is InChI=1S/C15H24N2O2S/c1-13(18)12-16-7-9-17(10-8-16)15(19)6-2-4-14-5-3-11-20-14/h3,5,11,13,18H,2,4,6-10,12H2,1H3/t13-/m1/s1. The minimum atomic E-state index is -0.289. The van der Waals surface area contributed by atoms with Gasteiger partial charge in [0.05, 0.1) is 6.10 Å². The molecule has 1 atom stereocenters. The van der Waals surface area contributed by atoms with Crippen LogP contribution in [-0.2, 0) is 11.2 Å². The summed E-state index contributed by atoms with van der Waals surface area (Å²) in [4.78, 5) is 17.7. The summed E-state index contributed by atoms with van der Waals surface area (Å²) in [5.41, 5.74) is 0. The lowest BCUT2D eigenvalue weighted by Gasteiger charge is -2.35. The van der Waals surface area contributed by atoms with Gasteiger partial charge in [-0.15, -0.1) is 11.3 Å². The van der Waals surface area contributed by atoms with Crippen molar-refractivity contribution >= 4 is 17.2 Å². The van der Waals surface area contributed by atoms with Crippen LogP contribution < -0.4 is 0 Å². The molecule has 2 heterocycles. The summed E-state index contributed by atoms with van der Waals surface area (Å²) in [6.07, 6.45) is 2.30. The van der Waals surface area contributed by atoms with Gasteiger partial charge < -0.3 is 10.0 Å². The maximum absolute atomic E-state index is 12.1. The Morgan fingerprint density at radius 1 is 1.40 bits per heavy atom. The van der Waals surface area contributed by atoms with Gasteiger partial charge in [0.2, 0.25) is 5.91 Å². The lowest BCUT2D eigenvalue weighted by atomic mass is 10.2. The van der Waals surface area contributed by atoms with E-state index in [1.54, 1.807) is 11.3 Å². The molecule has 1 saturated heterocycles. The molecule has 0 aliphatic carbocycles. The van der Waals surface area contributed by atoms with Gasteiger partial charge in [-0.3, -0.25) is 9.69 Å². The van der Waals surface area contributed by atoms with E-state index in [0.29, 0.717) is 13.0 Å². The van der Waals surface area contributed by atoms with Crippen molar-refractivity contribution in [3.05, 3.63) is 22.4 Å². The Hall–Kier alpha value is -0.910. The highest BCUT2D eigenvalue weighted by Crippen LogP contribution is 2.13. The molecule has 20 heavy (non-hydrogen) atoms. The Morgan fingerprint density at radius 3 is 2.75 bits per heavy atom. The molecule has 0 spiro atoms. The van der Waals surface area contributed by atoms with Crippen LogP contribution in [0.25, 0.3) is 0 Å². The minimum absolute atomic E-state index is 0.276.